The minimum absolute atomic E-state index is 0. The van der Waals surface area contributed by atoms with Gasteiger partial charge in [-0.3, -0.25) is 0 Å². The van der Waals surface area contributed by atoms with Crippen molar-refractivity contribution in [1.29, 1.82) is 0 Å². The molecule has 0 radical (unpaired) electrons. The van der Waals surface area contributed by atoms with E-state index in [1.807, 2.05) is 0 Å². The zero-order valence-corrected chi connectivity index (χ0v) is 18.5. The van der Waals surface area contributed by atoms with Crippen LogP contribution in [0.1, 0.15) is 90.4 Å². The van der Waals surface area contributed by atoms with Crippen LogP contribution in [0.25, 0.3) is 0 Å². The maximum absolute atomic E-state index is 11.0. The molecule has 0 aliphatic heterocycles. The van der Waals surface area contributed by atoms with Crippen LogP contribution < -0.4 is 51.4 Å². The predicted molar refractivity (Wildman–Crippen MR) is 86.3 cm³/mol. The molecule has 22 heavy (non-hydrogen) atoms. The van der Waals surface area contributed by atoms with E-state index in [2.05, 4.69) is 6.92 Å². The number of hydrogen-bond donors (Lipinski definition) is 1. The van der Waals surface area contributed by atoms with Gasteiger partial charge in [0.2, 0.25) is 0 Å². The molecule has 0 bridgehead atoms. The quantitative estimate of drug-likeness (QED) is 0.268. The Kier molecular flexibility index (Phi) is 20.3. The van der Waals surface area contributed by atoms with E-state index in [1.165, 1.54) is 51.4 Å². The Labute approximate surface area is 180 Å². The zero-order valence-electron chi connectivity index (χ0n) is 14.6. The van der Waals surface area contributed by atoms with Gasteiger partial charge in [-0.2, -0.15) is 0 Å². The summed E-state index contributed by atoms with van der Waals surface area (Å²) >= 11 is 0. The Morgan fingerprint density at radius 1 is 0.818 bits per heavy atom. The van der Waals surface area contributed by atoms with Gasteiger partial charge in [0.15, 0.2) is 0 Å². The van der Waals surface area contributed by atoms with Gasteiger partial charge in [-0.25, -0.2) is 8.42 Å². The van der Waals surface area contributed by atoms with Crippen molar-refractivity contribution in [3.8, 4) is 0 Å². The van der Waals surface area contributed by atoms with Crippen LogP contribution in [0.4, 0.5) is 0 Å². The fourth-order valence-corrected chi connectivity index (χ4v) is 3.46. The SMILES string of the molecule is CCCCCCCCCCCCCC(CCO)S(=O)(=O)[O-].[K+]. The first-order valence-corrected chi connectivity index (χ1v) is 10.0. The van der Waals surface area contributed by atoms with Gasteiger partial charge in [0.05, 0.1) is 15.4 Å². The second-order valence-corrected chi connectivity index (χ2v) is 7.60. The van der Waals surface area contributed by atoms with E-state index < -0.39 is 15.4 Å². The second kappa shape index (κ2) is 17.3. The summed E-state index contributed by atoms with van der Waals surface area (Å²) in [6.07, 6.45) is 13.7. The molecule has 1 N–H and O–H groups in total. The van der Waals surface area contributed by atoms with E-state index in [1.54, 1.807) is 0 Å². The summed E-state index contributed by atoms with van der Waals surface area (Å²) in [5.74, 6) is 0. The van der Waals surface area contributed by atoms with Gasteiger partial charge < -0.3 is 9.66 Å². The van der Waals surface area contributed by atoms with E-state index in [-0.39, 0.29) is 64.4 Å². The van der Waals surface area contributed by atoms with E-state index in [0.29, 0.717) is 6.42 Å². The molecule has 0 aliphatic carbocycles. The monoisotopic (exact) mass is 360 g/mol. The summed E-state index contributed by atoms with van der Waals surface area (Å²) < 4.78 is 32.9. The van der Waals surface area contributed by atoms with Gasteiger partial charge in [0.1, 0.15) is 0 Å². The number of hydrogen-bond acceptors (Lipinski definition) is 4. The topological polar surface area (TPSA) is 77.4 Å². The maximum Gasteiger partial charge on any atom is 1.00 e. The van der Waals surface area contributed by atoms with E-state index in [4.69, 9.17) is 5.11 Å². The summed E-state index contributed by atoms with van der Waals surface area (Å²) in [4.78, 5) is 0. The minimum Gasteiger partial charge on any atom is -0.748 e. The van der Waals surface area contributed by atoms with Crippen LogP contribution in [0.5, 0.6) is 0 Å². The summed E-state index contributed by atoms with van der Waals surface area (Å²) in [5, 5.41) is 7.87. The average molecular weight is 361 g/mol. The molecule has 0 rings (SSSR count). The molecular weight excluding hydrogens is 327 g/mol. The van der Waals surface area contributed by atoms with E-state index in [0.717, 1.165) is 19.3 Å². The Balaban J connectivity index is 0. The first-order valence-electron chi connectivity index (χ1n) is 8.58. The third-order valence-electron chi connectivity index (χ3n) is 3.99. The Morgan fingerprint density at radius 2 is 1.23 bits per heavy atom. The molecule has 6 heteroatoms. The normalized spacial score (nSPS) is 12.9. The summed E-state index contributed by atoms with van der Waals surface area (Å²) in [7, 11) is -4.25. The summed E-state index contributed by atoms with van der Waals surface area (Å²) in [5.41, 5.74) is 0. The molecule has 0 aromatic carbocycles. The largest absolute Gasteiger partial charge is 1.00 e. The molecule has 0 amide bonds. The maximum atomic E-state index is 11.0. The van der Waals surface area contributed by atoms with Crippen LogP contribution in [-0.2, 0) is 10.1 Å². The third-order valence-corrected chi connectivity index (χ3v) is 5.28. The van der Waals surface area contributed by atoms with Gasteiger partial charge in [-0.1, -0.05) is 77.6 Å². The molecule has 0 heterocycles. The number of aliphatic hydroxyl groups is 1. The number of aliphatic hydroxyl groups excluding tert-OH is 1. The molecule has 0 saturated carbocycles. The van der Waals surface area contributed by atoms with Crippen molar-refractivity contribution in [3.63, 3.8) is 0 Å². The fraction of sp³-hybridized carbons (Fsp3) is 1.00. The van der Waals surface area contributed by atoms with Crippen LogP contribution in [0.15, 0.2) is 0 Å². The Hall–Kier alpha value is 1.51. The van der Waals surface area contributed by atoms with Crippen LogP contribution >= 0.6 is 0 Å². The zero-order chi connectivity index (χ0) is 16.0. The third kappa shape index (κ3) is 16.4. The molecule has 1 atom stereocenters. The van der Waals surface area contributed by atoms with Crippen molar-refractivity contribution in [2.24, 2.45) is 0 Å². The van der Waals surface area contributed by atoms with Gasteiger partial charge >= 0.3 is 51.4 Å². The van der Waals surface area contributed by atoms with Crippen LogP contribution in [0.2, 0.25) is 0 Å². The van der Waals surface area contributed by atoms with Gasteiger partial charge in [0, 0.05) is 6.61 Å². The molecule has 1 unspecified atom stereocenters. The van der Waals surface area contributed by atoms with Gasteiger partial charge in [-0.15, -0.1) is 0 Å². The summed E-state index contributed by atoms with van der Waals surface area (Å²) in [6, 6.07) is 0. The molecule has 0 aliphatic rings. The van der Waals surface area contributed by atoms with Crippen LogP contribution in [0.3, 0.4) is 0 Å². The average Bonchev–Trinajstić information content (AvgIpc) is 2.42. The van der Waals surface area contributed by atoms with Gasteiger partial charge in [0.25, 0.3) is 0 Å². The van der Waals surface area contributed by atoms with Gasteiger partial charge in [-0.05, 0) is 12.8 Å². The Morgan fingerprint density at radius 3 is 1.59 bits per heavy atom. The van der Waals surface area contributed by atoms with Crippen LogP contribution in [-0.4, -0.2) is 29.9 Å². The van der Waals surface area contributed by atoms with E-state index in [9.17, 15) is 13.0 Å². The molecule has 0 fully saturated rings. The molecule has 0 aromatic heterocycles. The second-order valence-electron chi connectivity index (χ2n) is 5.95. The molecule has 128 valence electrons. The first kappa shape index (κ1) is 25.7. The predicted octanol–water partition coefficient (Wildman–Crippen LogP) is 0.988. The fourth-order valence-electron chi connectivity index (χ4n) is 2.61. The number of rotatable bonds is 15. The molecule has 0 spiro atoms. The molecule has 4 nitrogen and oxygen atoms in total. The van der Waals surface area contributed by atoms with Crippen molar-refractivity contribution in [2.75, 3.05) is 6.61 Å². The van der Waals surface area contributed by atoms with Crippen molar-refractivity contribution < 1.29 is 69.5 Å². The van der Waals surface area contributed by atoms with E-state index >= 15 is 0 Å². The van der Waals surface area contributed by atoms with Crippen molar-refractivity contribution in [3.05, 3.63) is 0 Å². The Bertz CT molecular complexity index is 320. The molecule has 0 saturated heterocycles. The van der Waals surface area contributed by atoms with Crippen LogP contribution in [0, 0.1) is 0 Å². The molecular formula is C16H33KO4S. The minimum atomic E-state index is -4.25. The smallest absolute Gasteiger partial charge is 0.748 e. The molecule has 0 aromatic rings. The summed E-state index contributed by atoms with van der Waals surface area (Å²) in [6.45, 7) is 1.99. The van der Waals surface area contributed by atoms with Crippen molar-refractivity contribution >= 4 is 10.1 Å². The first-order chi connectivity index (χ1) is 10.0. The standard InChI is InChI=1S/C16H34O4S.K/c1-2-3-4-5-6-7-8-9-10-11-12-13-16(14-15-17)21(18,19)20;/h16-17H,2-15H2,1H3,(H,18,19,20);/q;+1/p-1. The number of unbranched alkanes of at least 4 members (excludes halogenated alkanes) is 10. The van der Waals surface area contributed by atoms with Crippen molar-refractivity contribution in [1.82, 2.24) is 0 Å². The van der Waals surface area contributed by atoms with Crippen molar-refractivity contribution in [2.45, 2.75) is 95.6 Å².